The fourth-order valence-electron chi connectivity index (χ4n) is 2.64. The molecule has 0 bridgehead atoms. The molecule has 92 valence electrons. The summed E-state index contributed by atoms with van der Waals surface area (Å²) in [5.41, 5.74) is 0.956. The Morgan fingerprint density at radius 3 is 2.41 bits per heavy atom. The molecule has 1 amide bonds. The smallest absolute Gasteiger partial charge is 0.407 e. The van der Waals surface area contributed by atoms with Crippen molar-refractivity contribution in [2.75, 3.05) is 7.11 Å². The predicted octanol–water partition coefficient (Wildman–Crippen LogP) is 3.20. The Morgan fingerprint density at radius 1 is 1.18 bits per heavy atom. The zero-order valence-electron chi connectivity index (χ0n) is 10.2. The van der Waals surface area contributed by atoms with Gasteiger partial charge in [0.05, 0.1) is 12.6 Å². The Hall–Kier alpha value is -1.51. The molecule has 3 heteroatoms. The number of alkyl carbamates (subject to hydrolysis) is 1. The van der Waals surface area contributed by atoms with E-state index in [0.29, 0.717) is 0 Å². The van der Waals surface area contributed by atoms with Crippen LogP contribution in [0.2, 0.25) is 0 Å². The van der Waals surface area contributed by atoms with Gasteiger partial charge >= 0.3 is 6.09 Å². The number of methoxy groups -OCH3 is 1. The second kappa shape index (κ2) is 5.21. The maximum atomic E-state index is 11.5. The molecule has 1 aliphatic carbocycles. The van der Waals surface area contributed by atoms with E-state index in [9.17, 15) is 4.79 Å². The molecule has 1 N–H and O–H groups in total. The van der Waals surface area contributed by atoms with Gasteiger partial charge in [0.15, 0.2) is 0 Å². The fourth-order valence-corrected chi connectivity index (χ4v) is 2.64. The van der Waals surface area contributed by atoms with Gasteiger partial charge in [-0.15, -0.1) is 0 Å². The highest BCUT2D eigenvalue weighted by Gasteiger charge is 2.35. The second-order valence-corrected chi connectivity index (χ2v) is 4.63. The van der Waals surface area contributed by atoms with Crippen LogP contribution in [0.3, 0.4) is 0 Å². The summed E-state index contributed by atoms with van der Waals surface area (Å²) in [6, 6.07) is 10.2. The average Bonchev–Trinajstić information content (AvgIpc) is 2.40. The molecule has 3 nitrogen and oxygen atoms in total. The molecule has 0 aromatic heterocycles. The number of rotatable bonds is 2. The van der Waals surface area contributed by atoms with Gasteiger partial charge in [-0.25, -0.2) is 4.79 Å². The molecule has 0 heterocycles. The maximum absolute atomic E-state index is 11.5. The van der Waals surface area contributed by atoms with Crippen molar-refractivity contribution >= 4 is 6.09 Å². The molecule has 0 atom stereocenters. The molecular weight excluding hydrogens is 214 g/mol. The van der Waals surface area contributed by atoms with Gasteiger partial charge in [-0.05, 0) is 18.4 Å². The predicted molar refractivity (Wildman–Crippen MR) is 66.7 cm³/mol. The zero-order valence-corrected chi connectivity index (χ0v) is 10.2. The highest BCUT2D eigenvalue weighted by Crippen LogP contribution is 2.37. The Labute approximate surface area is 102 Å². The molecule has 2 rings (SSSR count). The molecule has 1 aromatic carbocycles. The van der Waals surface area contributed by atoms with Crippen LogP contribution in [0.25, 0.3) is 0 Å². The van der Waals surface area contributed by atoms with E-state index in [1.807, 2.05) is 18.2 Å². The molecule has 1 aromatic rings. The first-order valence-corrected chi connectivity index (χ1v) is 6.18. The number of hydrogen-bond acceptors (Lipinski definition) is 2. The fraction of sp³-hybridized carbons (Fsp3) is 0.500. The van der Waals surface area contributed by atoms with E-state index in [2.05, 4.69) is 17.4 Å². The van der Waals surface area contributed by atoms with Crippen molar-refractivity contribution in [2.24, 2.45) is 0 Å². The Bertz CT molecular complexity index is 369. The third-order valence-electron chi connectivity index (χ3n) is 3.56. The molecular formula is C14H19NO2. The average molecular weight is 233 g/mol. The molecule has 0 radical (unpaired) electrons. The maximum Gasteiger partial charge on any atom is 0.407 e. The number of ether oxygens (including phenoxy) is 1. The molecule has 1 aliphatic rings. The van der Waals surface area contributed by atoms with Crippen molar-refractivity contribution in [3.63, 3.8) is 0 Å². The van der Waals surface area contributed by atoms with Crippen molar-refractivity contribution in [3.05, 3.63) is 35.9 Å². The van der Waals surface area contributed by atoms with Crippen molar-refractivity contribution in [1.29, 1.82) is 0 Å². The van der Waals surface area contributed by atoms with Gasteiger partial charge in [0.25, 0.3) is 0 Å². The Balaban J connectivity index is 2.26. The van der Waals surface area contributed by atoms with E-state index in [0.717, 1.165) is 25.7 Å². The van der Waals surface area contributed by atoms with Crippen LogP contribution in [0.15, 0.2) is 30.3 Å². The second-order valence-electron chi connectivity index (χ2n) is 4.63. The minimum absolute atomic E-state index is 0.230. The number of amides is 1. The summed E-state index contributed by atoms with van der Waals surface area (Å²) < 4.78 is 4.75. The number of hydrogen-bond donors (Lipinski definition) is 1. The Morgan fingerprint density at radius 2 is 1.82 bits per heavy atom. The third kappa shape index (κ3) is 2.60. The molecule has 17 heavy (non-hydrogen) atoms. The lowest BCUT2D eigenvalue weighted by Gasteiger charge is -2.38. The van der Waals surface area contributed by atoms with Crippen molar-refractivity contribution in [1.82, 2.24) is 5.32 Å². The summed E-state index contributed by atoms with van der Waals surface area (Å²) in [5, 5.41) is 3.04. The van der Waals surface area contributed by atoms with Crippen molar-refractivity contribution in [2.45, 2.75) is 37.6 Å². The van der Waals surface area contributed by atoms with Crippen LogP contribution in [-0.4, -0.2) is 13.2 Å². The lowest BCUT2D eigenvalue weighted by molar-refractivity contribution is 0.143. The molecule has 0 spiro atoms. The first-order chi connectivity index (χ1) is 8.27. The van der Waals surface area contributed by atoms with Crippen LogP contribution in [0.4, 0.5) is 4.79 Å². The monoisotopic (exact) mass is 233 g/mol. The summed E-state index contributed by atoms with van der Waals surface area (Å²) in [6.07, 6.45) is 5.20. The van der Waals surface area contributed by atoms with Gasteiger partial charge in [0.1, 0.15) is 0 Å². The number of carbonyl (C=O) groups excluding carboxylic acids is 1. The lowest BCUT2D eigenvalue weighted by atomic mass is 9.77. The molecule has 1 fully saturated rings. The minimum atomic E-state index is -0.337. The largest absolute Gasteiger partial charge is 0.453 e. The van der Waals surface area contributed by atoms with Gasteiger partial charge in [0, 0.05) is 0 Å². The standard InChI is InChI=1S/C14H19NO2/c1-17-13(16)15-14(10-6-3-7-11-14)12-8-4-2-5-9-12/h2,4-5,8-9H,3,6-7,10-11H2,1H3,(H,15,16). The molecule has 0 unspecified atom stereocenters. The summed E-state index contributed by atoms with van der Waals surface area (Å²) in [7, 11) is 1.41. The first kappa shape index (κ1) is 12.0. The van der Waals surface area contributed by atoms with Crippen LogP contribution in [-0.2, 0) is 10.3 Å². The lowest BCUT2D eigenvalue weighted by Crippen LogP contribution is -2.47. The van der Waals surface area contributed by atoms with E-state index < -0.39 is 0 Å². The quantitative estimate of drug-likeness (QED) is 0.851. The van der Waals surface area contributed by atoms with Crippen molar-refractivity contribution in [3.8, 4) is 0 Å². The van der Waals surface area contributed by atoms with Gasteiger partial charge < -0.3 is 10.1 Å². The van der Waals surface area contributed by atoms with Crippen LogP contribution >= 0.6 is 0 Å². The minimum Gasteiger partial charge on any atom is -0.453 e. The zero-order chi connectivity index (χ0) is 12.1. The topological polar surface area (TPSA) is 38.3 Å². The van der Waals surface area contributed by atoms with Crippen LogP contribution in [0.5, 0.6) is 0 Å². The van der Waals surface area contributed by atoms with Crippen LogP contribution in [0, 0.1) is 0 Å². The van der Waals surface area contributed by atoms with E-state index in [4.69, 9.17) is 4.74 Å². The first-order valence-electron chi connectivity index (χ1n) is 6.18. The third-order valence-corrected chi connectivity index (χ3v) is 3.56. The van der Waals surface area contributed by atoms with Gasteiger partial charge in [-0.3, -0.25) is 0 Å². The number of benzene rings is 1. The summed E-state index contributed by atoms with van der Waals surface area (Å²) in [4.78, 5) is 11.5. The van der Waals surface area contributed by atoms with E-state index in [-0.39, 0.29) is 11.6 Å². The van der Waals surface area contributed by atoms with E-state index >= 15 is 0 Å². The molecule has 0 saturated heterocycles. The highest BCUT2D eigenvalue weighted by atomic mass is 16.5. The Kier molecular flexibility index (Phi) is 3.67. The normalized spacial score (nSPS) is 18.4. The summed E-state index contributed by atoms with van der Waals surface area (Å²) in [5.74, 6) is 0. The number of nitrogens with one attached hydrogen (secondary N) is 1. The summed E-state index contributed by atoms with van der Waals surface area (Å²) >= 11 is 0. The van der Waals surface area contributed by atoms with Crippen molar-refractivity contribution < 1.29 is 9.53 Å². The van der Waals surface area contributed by atoms with Gasteiger partial charge in [0.2, 0.25) is 0 Å². The number of carbonyl (C=O) groups is 1. The van der Waals surface area contributed by atoms with Crippen LogP contribution < -0.4 is 5.32 Å². The van der Waals surface area contributed by atoms with Gasteiger partial charge in [-0.1, -0.05) is 49.6 Å². The van der Waals surface area contributed by atoms with E-state index in [1.165, 1.54) is 19.1 Å². The summed E-state index contributed by atoms with van der Waals surface area (Å²) in [6.45, 7) is 0. The van der Waals surface area contributed by atoms with Crippen LogP contribution in [0.1, 0.15) is 37.7 Å². The molecule has 0 aliphatic heterocycles. The van der Waals surface area contributed by atoms with Gasteiger partial charge in [-0.2, -0.15) is 0 Å². The SMILES string of the molecule is COC(=O)NC1(c2ccccc2)CCCCC1. The molecule has 1 saturated carbocycles. The highest BCUT2D eigenvalue weighted by molar-refractivity contribution is 5.68. The van der Waals surface area contributed by atoms with E-state index in [1.54, 1.807) is 0 Å².